The zero-order valence-corrected chi connectivity index (χ0v) is 8.98. The SMILES string of the molecule is OC1(C(F)(F)F)CCN(c2ncccn2)CC1. The molecule has 17 heavy (non-hydrogen) atoms. The highest BCUT2D eigenvalue weighted by molar-refractivity contribution is 5.29. The van der Waals surface area contributed by atoms with Gasteiger partial charge in [0, 0.05) is 38.3 Å². The van der Waals surface area contributed by atoms with E-state index in [1.165, 1.54) is 12.4 Å². The van der Waals surface area contributed by atoms with E-state index < -0.39 is 11.8 Å². The zero-order chi connectivity index (χ0) is 12.5. The first-order valence-electron chi connectivity index (χ1n) is 5.23. The lowest BCUT2D eigenvalue weighted by molar-refractivity contribution is -0.266. The Kier molecular flexibility index (Phi) is 2.94. The molecule has 0 amide bonds. The maximum absolute atomic E-state index is 12.6. The second-order valence-electron chi connectivity index (χ2n) is 4.07. The molecule has 0 bridgehead atoms. The molecule has 1 saturated heterocycles. The smallest absolute Gasteiger partial charge is 0.380 e. The van der Waals surface area contributed by atoms with Crippen molar-refractivity contribution in [2.24, 2.45) is 0 Å². The van der Waals surface area contributed by atoms with E-state index in [9.17, 15) is 18.3 Å². The molecular formula is C10H12F3N3O. The quantitative estimate of drug-likeness (QED) is 0.814. The van der Waals surface area contributed by atoms with E-state index >= 15 is 0 Å². The molecule has 7 heteroatoms. The largest absolute Gasteiger partial charge is 0.417 e. The molecule has 0 aromatic carbocycles. The molecule has 0 unspecified atom stereocenters. The van der Waals surface area contributed by atoms with Crippen LogP contribution in [0.5, 0.6) is 0 Å². The minimum atomic E-state index is -4.57. The van der Waals surface area contributed by atoms with Gasteiger partial charge in [-0.25, -0.2) is 9.97 Å². The Morgan fingerprint density at radius 2 is 1.71 bits per heavy atom. The fourth-order valence-electron chi connectivity index (χ4n) is 1.81. The van der Waals surface area contributed by atoms with Gasteiger partial charge in [-0.1, -0.05) is 0 Å². The molecule has 0 atom stereocenters. The number of hydrogen-bond acceptors (Lipinski definition) is 4. The van der Waals surface area contributed by atoms with Crippen LogP contribution in [0.2, 0.25) is 0 Å². The lowest BCUT2D eigenvalue weighted by Crippen LogP contribution is -2.53. The van der Waals surface area contributed by atoms with Crippen LogP contribution in [0.25, 0.3) is 0 Å². The van der Waals surface area contributed by atoms with Crippen LogP contribution >= 0.6 is 0 Å². The van der Waals surface area contributed by atoms with Crippen molar-refractivity contribution < 1.29 is 18.3 Å². The summed E-state index contributed by atoms with van der Waals surface area (Å²) in [6.07, 6.45) is -2.21. The van der Waals surface area contributed by atoms with Crippen LogP contribution in [-0.4, -0.2) is 39.9 Å². The third kappa shape index (κ3) is 2.33. The second-order valence-corrected chi connectivity index (χ2v) is 4.07. The number of anilines is 1. The van der Waals surface area contributed by atoms with E-state index in [0.717, 1.165) is 0 Å². The molecule has 0 radical (unpaired) electrons. The summed E-state index contributed by atoms with van der Waals surface area (Å²) in [7, 11) is 0. The van der Waals surface area contributed by atoms with Crippen molar-refractivity contribution in [3.05, 3.63) is 18.5 Å². The van der Waals surface area contributed by atoms with Gasteiger partial charge in [-0.3, -0.25) is 0 Å². The molecule has 1 N–H and O–H groups in total. The van der Waals surface area contributed by atoms with Gasteiger partial charge in [0.05, 0.1) is 0 Å². The first-order valence-corrected chi connectivity index (χ1v) is 5.23. The number of alkyl halides is 3. The molecule has 0 saturated carbocycles. The molecular weight excluding hydrogens is 235 g/mol. The van der Waals surface area contributed by atoms with Crippen LogP contribution in [0.15, 0.2) is 18.5 Å². The molecule has 2 heterocycles. The number of hydrogen-bond donors (Lipinski definition) is 1. The number of rotatable bonds is 1. The zero-order valence-electron chi connectivity index (χ0n) is 8.98. The average molecular weight is 247 g/mol. The second kappa shape index (κ2) is 4.14. The van der Waals surface area contributed by atoms with Gasteiger partial charge in [0.15, 0.2) is 5.60 Å². The predicted molar refractivity (Wildman–Crippen MR) is 54.5 cm³/mol. The number of aromatic nitrogens is 2. The molecule has 0 aliphatic carbocycles. The van der Waals surface area contributed by atoms with E-state index in [4.69, 9.17) is 0 Å². The van der Waals surface area contributed by atoms with Crippen molar-refractivity contribution in [2.45, 2.75) is 24.6 Å². The van der Waals surface area contributed by atoms with Crippen molar-refractivity contribution in [1.29, 1.82) is 0 Å². The molecule has 1 aliphatic heterocycles. The summed E-state index contributed by atoms with van der Waals surface area (Å²) in [6.45, 7) is 0.194. The molecule has 94 valence electrons. The van der Waals surface area contributed by atoms with Crippen LogP contribution in [0.4, 0.5) is 19.1 Å². The topological polar surface area (TPSA) is 49.2 Å². The van der Waals surface area contributed by atoms with E-state index in [1.54, 1.807) is 11.0 Å². The van der Waals surface area contributed by atoms with Crippen molar-refractivity contribution in [2.75, 3.05) is 18.0 Å². The summed E-state index contributed by atoms with van der Waals surface area (Å²) >= 11 is 0. The number of nitrogens with zero attached hydrogens (tertiary/aromatic N) is 3. The standard InChI is InChI=1S/C10H12F3N3O/c11-10(12,13)9(17)2-6-16(7-3-9)8-14-4-1-5-15-8/h1,4-5,17H,2-3,6-7H2. The van der Waals surface area contributed by atoms with Crippen LogP contribution in [0, 0.1) is 0 Å². The van der Waals surface area contributed by atoms with Gasteiger partial charge in [-0.2, -0.15) is 13.2 Å². The lowest BCUT2D eigenvalue weighted by Gasteiger charge is -2.38. The minimum Gasteiger partial charge on any atom is -0.380 e. The lowest BCUT2D eigenvalue weighted by atomic mass is 9.91. The summed E-state index contributed by atoms with van der Waals surface area (Å²) in [6, 6.07) is 1.64. The average Bonchev–Trinajstić information content (AvgIpc) is 2.30. The van der Waals surface area contributed by atoms with Gasteiger partial charge in [0.1, 0.15) is 0 Å². The Labute approximate surface area is 96.1 Å². The van der Waals surface area contributed by atoms with E-state index in [-0.39, 0.29) is 25.9 Å². The Morgan fingerprint density at radius 1 is 1.18 bits per heavy atom. The minimum absolute atomic E-state index is 0.0972. The van der Waals surface area contributed by atoms with Crippen LogP contribution in [0.3, 0.4) is 0 Å². The maximum Gasteiger partial charge on any atom is 0.417 e. The molecule has 4 nitrogen and oxygen atoms in total. The van der Waals surface area contributed by atoms with Gasteiger partial charge >= 0.3 is 6.18 Å². The van der Waals surface area contributed by atoms with Crippen LogP contribution in [0.1, 0.15) is 12.8 Å². The van der Waals surface area contributed by atoms with Gasteiger partial charge in [-0.15, -0.1) is 0 Å². The summed E-state index contributed by atoms with van der Waals surface area (Å²) in [4.78, 5) is 9.57. The third-order valence-corrected chi connectivity index (χ3v) is 2.95. The number of aliphatic hydroxyl groups is 1. The Bertz CT molecular complexity index is 374. The van der Waals surface area contributed by atoms with Crippen molar-refractivity contribution >= 4 is 5.95 Å². The summed E-state index contributed by atoms with van der Waals surface area (Å²) in [5.74, 6) is 0.400. The van der Waals surface area contributed by atoms with Crippen molar-refractivity contribution in [3.8, 4) is 0 Å². The van der Waals surface area contributed by atoms with E-state index in [0.29, 0.717) is 5.95 Å². The van der Waals surface area contributed by atoms with Gasteiger partial charge in [-0.05, 0) is 6.07 Å². The third-order valence-electron chi connectivity index (χ3n) is 2.95. The van der Waals surface area contributed by atoms with Crippen molar-refractivity contribution in [3.63, 3.8) is 0 Å². The van der Waals surface area contributed by atoms with Gasteiger partial charge < -0.3 is 10.0 Å². The van der Waals surface area contributed by atoms with Crippen molar-refractivity contribution in [1.82, 2.24) is 9.97 Å². The van der Waals surface area contributed by atoms with Crippen LogP contribution in [-0.2, 0) is 0 Å². The summed E-state index contributed by atoms with van der Waals surface area (Å²) in [5.41, 5.74) is -2.57. The molecule has 1 fully saturated rings. The predicted octanol–water partition coefficient (Wildman–Crippen LogP) is 1.37. The van der Waals surface area contributed by atoms with Gasteiger partial charge in [0.25, 0.3) is 0 Å². The monoisotopic (exact) mass is 247 g/mol. The van der Waals surface area contributed by atoms with E-state index in [1.807, 2.05) is 0 Å². The highest BCUT2D eigenvalue weighted by atomic mass is 19.4. The van der Waals surface area contributed by atoms with Gasteiger partial charge in [0.2, 0.25) is 5.95 Å². The highest BCUT2D eigenvalue weighted by Crippen LogP contribution is 2.38. The first-order chi connectivity index (χ1) is 7.92. The fraction of sp³-hybridized carbons (Fsp3) is 0.600. The Hall–Kier alpha value is -1.37. The normalized spacial score (nSPS) is 20.4. The summed E-state index contributed by atoms with van der Waals surface area (Å²) < 4.78 is 37.7. The van der Waals surface area contributed by atoms with E-state index in [2.05, 4.69) is 9.97 Å². The fourth-order valence-corrected chi connectivity index (χ4v) is 1.81. The molecule has 1 aromatic rings. The molecule has 2 rings (SSSR count). The Morgan fingerprint density at radius 3 is 2.18 bits per heavy atom. The number of halogens is 3. The first kappa shape index (κ1) is 12.1. The molecule has 1 aliphatic rings. The number of piperidine rings is 1. The highest BCUT2D eigenvalue weighted by Gasteiger charge is 2.54. The summed E-state index contributed by atoms with van der Waals surface area (Å²) in [5, 5.41) is 9.48. The molecule has 1 aromatic heterocycles. The Balaban J connectivity index is 2.04. The maximum atomic E-state index is 12.6. The molecule has 0 spiro atoms. The van der Waals surface area contributed by atoms with Crippen LogP contribution < -0.4 is 4.90 Å².